The zero-order chi connectivity index (χ0) is 23.4. The van der Waals surface area contributed by atoms with Gasteiger partial charge in [-0.05, 0) is 32.1 Å². The van der Waals surface area contributed by atoms with Gasteiger partial charge in [0.2, 0.25) is 0 Å². The summed E-state index contributed by atoms with van der Waals surface area (Å²) in [6, 6.07) is 0. The molecular weight excluding hydrogens is 400 g/mol. The highest BCUT2D eigenvalue weighted by atomic mass is 16.5. The number of esters is 1. The van der Waals surface area contributed by atoms with Crippen LogP contribution in [0.3, 0.4) is 0 Å². The Morgan fingerprint density at radius 2 is 1.16 bits per heavy atom. The highest BCUT2D eigenvalue weighted by Crippen LogP contribution is 2.32. The van der Waals surface area contributed by atoms with Crippen molar-refractivity contribution < 1.29 is 19.4 Å². The average Bonchev–Trinajstić information content (AvgIpc) is 2.80. The van der Waals surface area contributed by atoms with Crippen LogP contribution in [0.1, 0.15) is 149 Å². The van der Waals surface area contributed by atoms with Gasteiger partial charge in [-0.15, -0.1) is 0 Å². The Morgan fingerprint density at radius 3 is 1.59 bits per heavy atom. The lowest BCUT2D eigenvalue weighted by atomic mass is 9.79. The molecule has 1 saturated carbocycles. The Bertz CT molecular complexity index is 476. The van der Waals surface area contributed by atoms with Crippen LogP contribution in [0.4, 0.5) is 0 Å². The van der Waals surface area contributed by atoms with E-state index < -0.39 is 17.8 Å². The van der Waals surface area contributed by atoms with E-state index in [0.717, 1.165) is 32.1 Å². The monoisotopic (exact) mass is 452 g/mol. The van der Waals surface area contributed by atoms with E-state index >= 15 is 0 Å². The number of hydrogen-bond donors (Lipinski definition) is 1. The average molecular weight is 453 g/mol. The number of rotatable bonds is 20. The van der Waals surface area contributed by atoms with E-state index in [-0.39, 0.29) is 12.1 Å². The first-order valence-electron chi connectivity index (χ1n) is 14.0. The van der Waals surface area contributed by atoms with E-state index in [1.165, 1.54) is 89.9 Å². The molecule has 0 heterocycles. The van der Waals surface area contributed by atoms with Crippen molar-refractivity contribution in [2.24, 2.45) is 11.8 Å². The molecule has 0 aliphatic heterocycles. The largest absolute Gasteiger partial charge is 0.481 e. The highest BCUT2D eigenvalue weighted by Gasteiger charge is 2.37. The van der Waals surface area contributed by atoms with Crippen LogP contribution in [0, 0.1) is 11.8 Å². The third-order valence-electron chi connectivity index (χ3n) is 7.25. The summed E-state index contributed by atoms with van der Waals surface area (Å²) in [7, 11) is 0. The van der Waals surface area contributed by atoms with Gasteiger partial charge in [-0.3, -0.25) is 9.59 Å². The Balaban J connectivity index is 2.00. The fourth-order valence-corrected chi connectivity index (χ4v) is 5.05. The minimum atomic E-state index is -0.845. The van der Waals surface area contributed by atoms with Crippen molar-refractivity contribution in [3.63, 3.8) is 0 Å². The molecule has 0 bridgehead atoms. The highest BCUT2D eigenvalue weighted by molar-refractivity contribution is 5.81. The van der Waals surface area contributed by atoms with Gasteiger partial charge in [0.25, 0.3) is 0 Å². The zero-order valence-corrected chi connectivity index (χ0v) is 21.3. The number of carboxylic acid groups (broad SMARTS) is 1. The molecule has 1 rings (SSSR count). The van der Waals surface area contributed by atoms with Crippen molar-refractivity contribution in [2.75, 3.05) is 0 Å². The van der Waals surface area contributed by atoms with Crippen molar-refractivity contribution in [2.45, 2.75) is 155 Å². The minimum Gasteiger partial charge on any atom is -0.481 e. The molecule has 0 spiro atoms. The molecular formula is C28H52O4. The predicted molar refractivity (Wildman–Crippen MR) is 133 cm³/mol. The van der Waals surface area contributed by atoms with Crippen LogP contribution in [0.25, 0.3) is 0 Å². The first kappa shape index (κ1) is 29.0. The van der Waals surface area contributed by atoms with Crippen LogP contribution in [0.5, 0.6) is 0 Å². The molecule has 188 valence electrons. The third-order valence-corrected chi connectivity index (χ3v) is 7.25. The maximum absolute atomic E-state index is 12.6. The molecule has 0 aromatic rings. The van der Waals surface area contributed by atoms with Crippen LogP contribution in [0.15, 0.2) is 0 Å². The third kappa shape index (κ3) is 13.5. The summed E-state index contributed by atoms with van der Waals surface area (Å²) in [6.45, 7) is 4.33. The second kappa shape index (κ2) is 19.4. The Morgan fingerprint density at radius 1 is 0.719 bits per heavy atom. The van der Waals surface area contributed by atoms with Gasteiger partial charge in [-0.25, -0.2) is 0 Å². The van der Waals surface area contributed by atoms with E-state index in [9.17, 15) is 14.7 Å². The second-order valence-electron chi connectivity index (χ2n) is 10.0. The van der Waals surface area contributed by atoms with Gasteiger partial charge in [0, 0.05) is 0 Å². The van der Waals surface area contributed by atoms with E-state index in [1.807, 2.05) is 0 Å². The Kier molecular flexibility index (Phi) is 17.6. The molecule has 3 atom stereocenters. The standard InChI is InChI=1S/C28H52O4/c1-3-5-6-7-8-9-10-11-12-13-14-15-16-17-18-21-24(4-2)32-28(31)26-23-20-19-22-25(26)27(29)30/h24-26H,3-23H2,1-2H3,(H,29,30). The maximum Gasteiger partial charge on any atom is 0.310 e. The summed E-state index contributed by atoms with van der Waals surface area (Å²) in [4.78, 5) is 24.0. The number of ether oxygens (including phenoxy) is 1. The first-order chi connectivity index (χ1) is 15.6. The van der Waals surface area contributed by atoms with Crippen LogP contribution in [-0.2, 0) is 14.3 Å². The van der Waals surface area contributed by atoms with E-state index in [4.69, 9.17) is 4.74 Å². The molecule has 32 heavy (non-hydrogen) atoms. The number of carbonyl (C=O) groups is 2. The molecule has 0 radical (unpaired) electrons. The number of hydrogen-bond acceptors (Lipinski definition) is 3. The van der Waals surface area contributed by atoms with Gasteiger partial charge < -0.3 is 9.84 Å². The molecule has 0 saturated heterocycles. The van der Waals surface area contributed by atoms with Crippen LogP contribution in [0.2, 0.25) is 0 Å². The molecule has 0 aromatic carbocycles. The van der Waals surface area contributed by atoms with Gasteiger partial charge in [0.1, 0.15) is 6.10 Å². The second-order valence-corrected chi connectivity index (χ2v) is 10.0. The number of unbranched alkanes of at least 4 members (excludes halogenated alkanes) is 14. The quantitative estimate of drug-likeness (QED) is 0.149. The molecule has 1 aliphatic rings. The molecule has 0 amide bonds. The normalized spacial score (nSPS) is 19.6. The van der Waals surface area contributed by atoms with E-state index in [1.54, 1.807) is 0 Å². The fourth-order valence-electron chi connectivity index (χ4n) is 5.05. The molecule has 0 aromatic heterocycles. The molecule has 4 heteroatoms. The van der Waals surface area contributed by atoms with Crippen molar-refractivity contribution in [1.29, 1.82) is 0 Å². The zero-order valence-electron chi connectivity index (χ0n) is 21.3. The van der Waals surface area contributed by atoms with Gasteiger partial charge in [0.15, 0.2) is 0 Å². The predicted octanol–water partition coefficient (Wildman–Crippen LogP) is 8.46. The maximum atomic E-state index is 12.6. The van der Waals surface area contributed by atoms with Crippen LogP contribution in [-0.4, -0.2) is 23.1 Å². The van der Waals surface area contributed by atoms with Crippen molar-refractivity contribution in [1.82, 2.24) is 0 Å². The summed E-state index contributed by atoms with van der Waals surface area (Å²) in [5.41, 5.74) is 0. The molecule has 1 aliphatic carbocycles. The topological polar surface area (TPSA) is 63.6 Å². The van der Waals surface area contributed by atoms with Crippen molar-refractivity contribution in [3.05, 3.63) is 0 Å². The number of carboxylic acids is 1. The number of aliphatic carboxylic acids is 1. The summed E-state index contributed by atoms with van der Waals surface area (Å²) in [6.07, 6.45) is 25.0. The Hall–Kier alpha value is -1.06. The smallest absolute Gasteiger partial charge is 0.310 e. The Labute approximate surface area is 198 Å². The molecule has 3 unspecified atom stereocenters. The van der Waals surface area contributed by atoms with Crippen LogP contribution >= 0.6 is 0 Å². The summed E-state index contributed by atoms with van der Waals surface area (Å²) in [5, 5.41) is 9.39. The summed E-state index contributed by atoms with van der Waals surface area (Å²) < 4.78 is 5.74. The minimum absolute atomic E-state index is 0.0548. The lowest BCUT2D eigenvalue weighted by Gasteiger charge is -2.28. The molecule has 1 N–H and O–H groups in total. The van der Waals surface area contributed by atoms with E-state index in [0.29, 0.717) is 12.8 Å². The van der Waals surface area contributed by atoms with Gasteiger partial charge >= 0.3 is 11.9 Å². The summed E-state index contributed by atoms with van der Waals surface area (Å²) in [5.74, 6) is -2.12. The van der Waals surface area contributed by atoms with Crippen molar-refractivity contribution >= 4 is 11.9 Å². The molecule has 4 nitrogen and oxygen atoms in total. The van der Waals surface area contributed by atoms with Gasteiger partial charge in [-0.2, -0.15) is 0 Å². The van der Waals surface area contributed by atoms with Crippen molar-refractivity contribution in [3.8, 4) is 0 Å². The van der Waals surface area contributed by atoms with Crippen LogP contribution < -0.4 is 0 Å². The van der Waals surface area contributed by atoms with Gasteiger partial charge in [0.05, 0.1) is 11.8 Å². The lowest BCUT2D eigenvalue weighted by Crippen LogP contribution is -2.35. The van der Waals surface area contributed by atoms with E-state index in [2.05, 4.69) is 13.8 Å². The summed E-state index contributed by atoms with van der Waals surface area (Å²) >= 11 is 0. The SMILES string of the molecule is CCCCCCCCCCCCCCCCCC(CC)OC(=O)C1CCCCC1C(=O)O. The van der Waals surface area contributed by atoms with Gasteiger partial charge in [-0.1, -0.05) is 117 Å². The fraction of sp³-hybridized carbons (Fsp3) is 0.929. The number of carbonyl (C=O) groups excluding carboxylic acids is 1. The first-order valence-corrected chi connectivity index (χ1v) is 14.0. The molecule has 1 fully saturated rings. The lowest BCUT2D eigenvalue weighted by molar-refractivity contribution is -0.164.